The van der Waals surface area contributed by atoms with Crippen LogP contribution in [0, 0.1) is 0 Å². The molecule has 0 aromatic heterocycles. The second-order valence-electron chi connectivity index (χ2n) is 5.33. The lowest BCUT2D eigenvalue weighted by Gasteiger charge is -2.04. The second-order valence-corrected chi connectivity index (χ2v) is 5.33. The van der Waals surface area contributed by atoms with E-state index in [2.05, 4.69) is 17.5 Å². The van der Waals surface area contributed by atoms with Gasteiger partial charge in [-0.2, -0.15) is 0 Å². The second kappa shape index (κ2) is 12.2. The van der Waals surface area contributed by atoms with Gasteiger partial charge in [0, 0.05) is 0 Å². The molecule has 0 aliphatic carbocycles. The summed E-state index contributed by atoms with van der Waals surface area (Å²) in [5.41, 5.74) is 0. The first-order valence-corrected chi connectivity index (χ1v) is 7.86. The fourth-order valence-electron chi connectivity index (χ4n) is 2.45. The van der Waals surface area contributed by atoms with Gasteiger partial charge in [0.25, 0.3) is 0 Å². The molecule has 1 heterocycles. The van der Waals surface area contributed by atoms with Gasteiger partial charge in [-0.05, 0) is 51.6 Å². The number of hydrogen-bond acceptors (Lipinski definition) is 1. The smallest absolute Gasteiger partial charge is 0.00489 e. The van der Waals surface area contributed by atoms with E-state index in [-0.39, 0.29) is 0 Å². The summed E-state index contributed by atoms with van der Waals surface area (Å²) in [6.45, 7) is 2.47. The van der Waals surface area contributed by atoms with E-state index in [0.717, 1.165) is 0 Å². The zero-order valence-electron chi connectivity index (χ0n) is 11.6. The van der Waals surface area contributed by atoms with Crippen LogP contribution in [0.5, 0.6) is 0 Å². The minimum Gasteiger partial charge on any atom is -0.317 e. The molecule has 0 saturated heterocycles. The van der Waals surface area contributed by atoms with Crippen molar-refractivity contribution in [1.82, 2.24) is 5.32 Å². The first kappa shape index (κ1) is 14.8. The van der Waals surface area contributed by atoms with E-state index in [1.807, 2.05) is 0 Å². The standard InChI is InChI=1S/C16H31N/c1-2-4-6-8-10-12-14-16-17-15-13-11-9-7-5-3-1/h1,3,17H,2,4-16H2/b3-1-. The van der Waals surface area contributed by atoms with E-state index in [1.54, 1.807) is 0 Å². The van der Waals surface area contributed by atoms with Gasteiger partial charge >= 0.3 is 0 Å². The van der Waals surface area contributed by atoms with Gasteiger partial charge in [-0.3, -0.25) is 0 Å². The van der Waals surface area contributed by atoms with Crippen molar-refractivity contribution in [1.29, 1.82) is 0 Å². The fourth-order valence-corrected chi connectivity index (χ4v) is 2.45. The number of nitrogens with one attached hydrogen (secondary N) is 1. The summed E-state index contributed by atoms with van der Waals surface area (Å²) in [6.07, 6.45) is 21.5. The highest BCUT2D eigenvalue weighted by Gasteiger charge is 1.93. The highest BCUT2D eigenvalue weighted by Crippen LogP contribution is 2.09. The topological polar surface area (TPSA) is 12.0 Å². The molecule has 1 aliphatic rings. The summed E-state index contributed by atoms with van der Waals surface area (Å²) in [6, 6.07) is 0. The lowest BCUT2D eigenvalue weighted by molar-refractivity contribution is 0.548. The summed E-state index contributed by atoms with van der Waals surface area (Å²) >= 11 is 0. The molecule has 0 atom stereocenters. The predicted octanol–water partition coefficient (Wildman–Crippen LogP) is 4.83. The van der Waals surface area contributed by atoms with Crippen LogP contribution < -0.4 is 5.32 Å². The Balaban J connectivity index is 2.07. The maximum Gasteiger partial charge on any atom is -0.00489 e. The molecule has 1 rings (SSSR count). The minimum atomic E-state index is 1.23. The van der Waals surface area contributed by atoms with E-state index in [4.69, 9.17) is 0 Å². The minimum absolute atomic E-state index is 1.23. The lowest BCUT2D eigenvalue weighted by atomic mass is 10.1. The molecular weight excluding hydrogens is 206 g/mol. The van der Waals surface area contributed by atoms with Crippen LogP contribution in [0.4, 0.5) is 0 Å². The Bertz CT molecular complexity index is 156. The maximum absolute atomic E-state index is 3.57. The summed E-state index contributed by atoms with van der Waals surface area (Å²) in [5, 5.41) is 3.57. The molecule has 0 spiro atoms. The molecule has 0 radical (unpaired) electrons. The third-order valence-corrected chi connectivity index (χ3v) is 3.62. The van der Waals surface area contributed by atoms with Crippen LogP contribution in [0.2, 0.25) is 0 Å². The molecule has 0 unspecified atom stereocenters. The lowest BCUT2D eigenvalue weighted by Crippen LogP contribution is -2.16. The van der Waals surface area contributed by atoms with Crippen molar-refractivity contribution in [2.75, 3.05) is 13.1 Å². The molecule has 0 aromatic carbocycles. The molecule has 1 nitrogen and oxygen atoms in total. The van der Waals surface area contributed by atoms with Crippen molar-refractivity contribution in [3.8, 4) is 0 Å². The maximum atomic E-state index is 3.57. The third-order valence-electron chi connectivity index (χ3n) is 3.62. The molecular formula is C16H31N. The monoisotopic (exact) mass is 237 g/mol. The SMILES string of the molecule is C1=C\CCCCCCNCCCCCCCC/1. The summed E-state index contributed by atoms with van der Waals surface area (Å²) in [7, 11) is 0. The molecule has 1 aliphatic heterocycles. The molecule has 1 N–H and O–H groups in total. The molecule has 0 aromatic rings. The molecule has 100 valence electrons. The van der Waals surface area contributed by atoms with Crippen molar-refractivity contribution >= 4 is 0 Å². The van der Waals surface area contributed by atoms with Crippen LogP contribution in [-0.2, 0) is 0 Å². The largest absolute Gasteiger partial charge is 0.317 e. The fraction of sp³-hybridized carbons (Fsp3) is 0.875. The van der Waals surface area contributed by atoms with Crippen molar-refractivity contribution in [2.45, 2.75) is 77.0 Å². The molecule has 0 bridgehead atoms. The molecule has 0 amide bonds. The van der Waals surface area contributed by atoms with E-state index >= 15 is 0 Å². The van der Waals surface area contributed by atoms with Crippen LogP contribution in [0.3, 0.4) is 0 Å². The Morgan fingerprint density at radius 2 is 0.882 bits per heavy atom. The Labute approximate surface area is 108 Å². The molecule has 17 heavy (non-hydrogen) atoms. The number of rotatable bonds is 0. The Kier molecular flexibility index (Phi) is 10.6. The highest BCUT2D eigenvalue weighted by atomic mass is 14.8. The van der Waals surface area contributed by atoms with Crippen LogP contribution in [-0.4, -0.2) is 13.1 Å². The number of allylic oxidation sites excluding steroid dienone is 2. The van der Waals surface area contributed by atoms with E-state index in [1.165, 1.54) is 90.1 Å². The van der Waals surface area contributed by atoms with Gasteiger partial charge in [0.2, 0.25) is 0 Å². The summed E-state index contributed by atoms with van der Waals surface area (Å²) in [5.74, 6) is 0. The molecule has 0 saturated carbocycles. The van der Waals surface area contributed by atoms with Crippen LogP contribution >= 0.6 is 0 Å². The Hall–Kier alpha value is -0.300. The average molecular weight is 237 g/mol. The summed E-state index contributed by atoms with van der Waals surface area (Å²) < 4.78 is 0. The average Bonchev–Trinajstić information content (AvgIpc) is 2.35. The van der Waals surface area contributed by atoms with Gasteiger partial charge in [0.15, 0.2) is 0 Å². The predicted molar refractivity (Wildman–Crippen MR) is 77.4 cm³/mol. The van der Waals surface area contributed by atoms with Crippen molar-refractivity contribution in [3.05, 3.63) is 12.2 Å². The Morgan fingerprint density at radius 1 is 0.471 bits per heavy atom. The van der Waals surface area contributed by atoms with Crippen LogP contribution in [0.25, 0.3) is 0 Å². The van der Waals surface area contributed by atoms with Gasteiger partial charge in [-0.25, -0.2) is 0 Å². The van der Waals surface area contributed by atoms with Crippen LogP contribution in [0.1, 0.15) is 77.0 Å². The molecule has 1 heteroatoms. The van der Waals surface area contributed by atoms with E-state index in [0.29, 0.717) is 0 Å². The van der Waals surface area contributed by atoms with Crippen molar-refractivity contribution in [2.24, 2.45) is 0 Å². The van der Waals surface area contributed by atoms with E-state index in [9.17, 15) is 0 Å². The normalized spacial score (nSPS) is 24.9. The van der Waals surface area contributed by atoms with Gasteiger partial charge in [-0.15, -0.1) is 0 Å². The zero-order valence-corrected chi connectivity index (χ0v) is 11.6. The van der Waals surface area contributed by atoms with Gasteiger partial charge in [-0.1, -0.05) is 50.7 Å². The zero-order chi connectivity index (χ0) is 12.0. The van der Waals surface area contributed by atoms with Crippen molar-refractivity contribution in [3.63, 3.8) is 0 Å². The van der Waals surface area contributed by atoms with E-state index < -0.39 is 0 Å². The molecule has 0 fully saturated rings. The summed E-state index contributed by atoms with van der Waals surface area (Å²) in [4.78, 5) is 0. The quantitative estimate of drug-likeness (QED) is 0.595. The van der Waals surface area contributed by atoms with Gasteiger partial charge in [0.05, 0.1) is 0 Å². The van der Waals surface area contributed by atoms with Gasteiger partial charge < -0.3 is 5.32 Å². The first-order chi connectivity index (χ1) is 8.50. The Morgan fingerprint density at radius 3 is 1.41 bits per heavy atom. The van der Waals surface area contributed by atoms with Crippen LogP contribution in [0.15, 0.2) is 12.2 Å². The third kappa shape index (κ3) is 10.6. The number of hydrogen-bond donors (Lipinski definition) is 1. The van der Waals surface area contributed by atoms with Gasteiger partial charge in [0.1, 0.15) is 0 Å². The first-order valence-electron chi connectivity index (χ1n) is 7.86. The highest BCUT2D eigenvalue weighted by molar-refractivity contribution is 4.81. The van der Waals surface area contributed by atoms with Crippen molar-refractivity contribution < 1.29 is 0 Å².